The zero-order chi connectivity index (χ0) is 10.7. The van der Waals surface area contributed by atoms with Crippen LogP contribution in [-0.4, -0.2) is 10.2 Å². The number of rotatable bonds is 3. The maximum absolute atomic E-state index is 9.24. The molecule has 4 heteroatoms. The number of phenols is 2. The lowest BCUT2D eigenvalue weighted by molar-refractivity contribution is 0.448. The molecule has 0 aliphatic rings. The highest BCUT2D eigenvalue weighted by Gasteiger charge is 2.08. The van der Waals surface area contributed by atoms with E-state index in [-0.39, 0.29) is 29.9 Å². The standard InChI is InChI=1S/C11H15NO2.ClH/c1-7(2)3-11(12)8-4-9(13)6-10(14)5-8;/h4-6,11,13-14H,1,3,12H2,2H3;1H/t11-;/m1./s1. The third kappa shape index (κ3) is 4.23. The van der Waals surface area contributed by atoms with Gasteiger partial charge in [-0.2, -0.15) is 0 Å². The quantitative estimate of drug-likeness (QED) is 0.698. The predicted molar refractivity (Wildman–Crippen MR) is 63.4 cm³/mol. The molecule has 1 rings (SSSR count). The molecule has 0 aromatic heterocycles. The zero-order valence-electron chi connectivity index (χ0n) is 8.60. The van der Waals surface area contributed by atoms with E-state index < -0.39 is 0 Å². The van der Waals surface area contributed by atoms with Crippen molar-refractivity contribution < 1.29 is 10.2 Å². The zero-order valence-corrected chi connectivity index (χ0v) is 9.42. The molecule has 0 aliphatic heterocycles. The van der Waals surface area contributed by atoms with Crippen LogP contribution in [0.25, 0.3) is 0 Å². The van der Waals surface area contributed by atoms with Crippen molar-refractivity contribution in [1.82, 2.24) is 0 Å². The van der Waals surface area contributed by atoms with Gasteiger partial charge < -0.3 is 15.9 Å². The van der Waals surface area contributed by atoms with Crippen LogP contribution >= 0.6 is 12.4 Å². The highest BCUT2D eigenvalue weighted by Crippen LogP contribution is 2.26. The topological polar surface area (TPSA) is 66.5 Å². The number of hydrogen-bond acceptors (Lipinski definition) is 3. The number of nitrogens with two attached hydrogens (primary N) is 1. The molecule has 1 atom stereocenters. The lowest BCUT2D eigenvalue weighted by atomic mass is 10.0. The van der Waals surface area contributed by atoms with E-state index in [1.807, 2.05) is 6.92 Å². The van der Waals surface area contributed by atoms with Gasteiger partial charge in [-0.15, -0.1) is 19.0 Å². The molecule has 1 aromatic carbocycles. The van der Waals surface area contributed by atoms with Gasteiger partial charge >= 0.3 is 0 Å². The summed E-state index contributed by atoms with van der Waals surface area (Å²) in [6, 6.07) is 4.14. The van der Waals surface area contributed by atoms with Gasteiger partial charge in [0.1, 0.15) is 11.5 Å². The van der Waals surface area contributed by atoms with Crippen molar-refractivity contribution in [3.8, 4) is 11.5 Å². The average molecular weight is 230 g/mol. The minimum atomic E-state index is -0.231. The van der Waals surface area contributed by atoms with Gasteiger partial charge in [-0.25, -0.2) is 0 Å². The number of hydrogen-bond donors (Lipinski definition) is 3. The molecule has 0 unspecified atom stereocenters. The molecule has 0 radical (unpaired) electrons. The summed E-state index contributed by atoms with van der Waals surface area (Å²) in [5.74, 6) is 0.0503. The lowest BCUT2D eigenvalue weighted by Crippen LogP contribution is -2.10. The maximum atomic E-state index is 9.24. The minimum absolute atomic E-state index is 0. The van der Waals surface area contributed by atoms with Gasteiger partial charge in [0.25, 0.3) is 0 Å². The SMILES string of the molecule is C=C(C)C[C@@H](N)c1cc(O)cc(O)c1.Cl. The Labute approximate surface area is 95.6 Å². The summed E-state index contributed by atoms with van der Waals surface area (Å²) < 4.78 is 0. The molecule has 0 amide bonds. The van der Waals surface area contributed by atoms with Gasteiger partial charge in [-0.3, -0.25) is 0 Å². The average Bonchev–Trinajstić information content (AvgIpc) is 2.00. The Balaban J connectivity index is 0.00000196. The number of phenolic OH excluding ortho intramolecular Hbond substituents is 2. The van der Waals surface area contributed by atoms with Crippen LogP contribution in [0.3, 0.4) is 0 Å². The Hall–Kier alpha value is -1.19. The van der Waals surface area contributed by atoms with E-state index in [4.69, 9.17) is 5.73 Å². The van der Waals surface area contributed by atoms with E-state index in [9.17, 15) is 10.2 Å². The summed E-state index contributed by atoms with van der Waals surface area (Å²) >= 11 is 0. The van der Waals surface area contributed by atoms with Crippen molar-refractivity contribution in [3.05, 3.63) is 35.9 Å². The first kappa shape index (κ1) is 13.8. The van der Waals surface area contributed by atoms with Gasteiger partial charge in [0.2, 0.25) is 0 Å². The van der Waals surface area contributed by atoms with Crippen molar-refractivity contribution in [1.29, 1.82) is 0 Å². The molecule has 0 saturated heterocycles. The van der Waals surface area contributed by atoms with E-state index in [2.05, 4.69) is 6.58 Å². The molecule has 3 nitrogen and oxygen atoms in total. The van der Waals surface area contributed by atoms with Gasteiger partial charge in [-0.1, -0.05) is 5.57 Å². The Morgan fingerprint density at radius 3 is 2.20 bits per heavy atom. The van der Waals surface area contributed by atoms with E-state index in [0.717, 1.165) is 5.57 Å². The van der Waals surface area contributed by atoms with Crippen LogP contribution in [0.5, 0.6) is 11.5 Å². The number of aromatic hydroxyl groups is 2. The second-order valence-corrected chi connectivity index (χ2v) is 3.55. The summed E-state index contributed by atoms with van der Waals surface area (Å²) in [6.07, 6.45) is 0.642. The van der Waals surface area contributed by atoms with Gasteiger partial charge in [0, 0.05) is 12.1 Å². The Kier molecular flexibility index (Phi) is 5.19. The second-order valence-electron chi connectivity index (χ2n) is 3.55. The monoisotopic (exact) mass is 229 g/mol. The summed E-state index contributed by atoms with van der Waals surface area (Å²) in [5, 5.41) is 18.5. The first-order chi connectivity index (χ1) is 6.49. The third-order valence-corrected chi connectivity index (χ3v) is 1.92. The number of halogens is 1. The first-order valence-corrected chi connectivity index (χ1v) is 4.42. The van der Waals surface area contributed by atoms with E-state index >= 15 is 0 Å². The first-order valence-electron chi connectivity index (χ1n) is 4.42. The molecule has 84 valence electrons. The highest BCUT2D eigenvalue weighted by molar-refractivity contribution is 5.85. The molecule has 4 N–H and O–H groups in total. The van der Waals surface area contributed by atoms with E-state index in [0.29, 0.717) is 12.0 Å². The molecular weight excluding hydrogens is 214 g/mol. The minimum Gasteiger partial charge on any atom is -0.508 e. The van der Waals surface area contributed by atoms with Crippen molar-refractivity contribution >= 4 is 12.4 Å². The van der Waals surface area contributed by atoms with Crippen LogP contribution in [0, 0.1) is 0 Å². The highest BCUT2D eigenvalue weighted by atomic mass is 35.5. The lowest BCUT2D eigenvalue weighted by Gasteiger charge is -2.12. The van der Waals surface area contributed by atoms with Crippen LogP contribution in [0.1, 0.15) is 24.9 Å². The molecule has 0 saturated carbocycles. The van der Waals surface area contributed by atoms with Gasteiger partial charge in [-0.05, 0) is 31.0 Å². The largest absolute Gasteiger partial charge is 0.508 e. The Morgan fingerprint density at radius 1 is 1.33 bits per heavy atom. The van der Waals surface area contributed by atoms with Crippen molar-refractivity contribution in [2.24, 2.45) is 5.73 Å². The molecule has 15 heavy (non-hydrogen) atoms. The summed E-state index contributed by atoms with van der Waals surface area (Å²) in [6.45, 7) is 5.65. The van der Waals surface area contributed by atoms with Crippen molar-refractivity contribution in [2.75, 3.05) is 0 Å². The number of benzene rings is 1. The van der Waals surface area contributed by atoms with Gasteiger partial charge in [0.05, 0.1) is 0 Å². The fraction of sp³-hybridized carbons (Fsp3) is 0.273. The molecule has 1 aromatic rings. The molecule has 0 fully saturated rings. The van der Waals surface area contributed by atoms with Crippen LogP contribution in [0.15, 0.2) is 30.4 Å². The fourth-order valence-electron chi connectivity index (χ4n) is 1.33. The van der Waals surface area contributed by atoms with Crippen molar-refractivity contribution in [2.45, 2.75) is 19.4 Å². The molecular formula is C11H16ClNO2. The van der Waals surface area contributed by atoms with Crippen LogP contribution < -0.4 is 5.73 Å². The third-order valence-electron chi connectivity index (χ3n) is 1.92. The van der Waals surface area contributed by atoms with Crippen LogP contribution in [-0.2, 0) is 0 Å². The predicted octanol–water partition coefficient (Wildman–Crippen LogP) is 2.49. The summed E-state index contributed by atoms with van der Waals surface area (Å²) in [7, 11) is 0. The Bertz CT molecular complexity index is 332. The normalized spacial score (nSPS) is 11.6. The molecule has 0 aliphatic carbocycles. The van der Waals surface area contributed by atoms with Crippen LogP contribution in [0.2, 0.25) is 0 Å². The Morgan fingerprint density at radius 2 is 1.80 bits per heavy atom. The fourth-order valence-corrected chi connectivity index (χ4v) is 1.33. The van der Waals surface area contributed by atoms with E-state index in [1.54, 1.807) is 12.1 Å². The smallest absolute Gasteiger partial charge is 0.119 e. The second kappa shape index (κ2) is 5.63. The van der Waals surface area contributed by atoms with E-state index in [1.165, 1.54) is 6.07 Å². The van der Waals surface area contributed by atoms with Crippen LogP contribution in [0.4, 0.5) is 0 Å². The van der Waals surface area contributed by atoms with Gasteiger partial charge in [0.15, 0.2) is 0 Å². The maximum Gasteiger partial charge on any atom is 0.119 e. The molecule has 0 spiro atoms. The van der Waals surface area contributed by atoms with Crippen molar-refractivity contribution in [3.63, 3.8) is 0 Å². The molecule has 0 bridgehead atoms. The summed E-state index contributed by atoms with van der Waals surface area (Å²) in [5.41, 5.74) is 7.54. The summed E-state index contributed by atoms with van der Waals surface area (Å²) in [4.78, 5) is 0. The molecule has 0 heterocycles.